The summed E-state index contributed by atoms with van der Waals surface area (Å²) >= 11 is 3.32. The van der Waals surface area contributed by atoms with Crippen LogP contribution in [-0.4, -0.2) is 48.7 Å². The monoisotopic (exact) mass is 312 g/mol. The molecule has 5 heteroatoms. The first-order chi connectivity index (χ1) is 8.61. The van der Waals surface area contributed by atoms with Crippen molar-refractivity contribution < 1.29 is 9.90 Å². The maximum atomic E-state index is 11.3. The summed E-state index contributed by atoms with van der Waals surface area (Å²) in [6, 6.07) is 5.45. The first-order valence-corrected chi connectivity index (χ1v) is 6.91. The zero-order valence-corrected chi connectivity index (χ0v) is 12.0. The minimum absolute atomic E-state index is 0.370. The molecule has 1 aromatic carbocycles. The van der Waals surface area contributed by atoms with Crippen molar-refractivity contribution in [3.63, 3.8) is 0 Å². The smallest absolute Gasteiger partial charge is 0.337 e. The van der Waals surface area contributed by atoms with Crippen LogP contribution in [0.25, 0.3) is 0 Å². The Morgan fingerprint density at radius 1 is 1.33 bits per heavy atom. The molecule has 1 heterocycles. The molecule has 18 heavy (non-hydrogen) atoms. The molecule has 4 nitrogen and oxygen atoms in total. The molecular formula is C13H17BrN2O2. The predicted octanol–water partition coefficient (Wildman–Crippen LogP) is 2.29. The number of benzene rings is 1. The molecule has 1 aromatic rings. The molecule has 0 radical (unpaired) electrons. The highest BCUT2D eigenvalue weighted by Crippen LogP contribution is 2.25. The number of anilines is 1. The molecular weight excluding hydrogens is 296 g/mol. The van der Waals surface area contributed by atoms with Gasteiger partial charge in [-0.25, -0.2) is 4.79 Å². The van der Waals surface area contributed by atoms with Crippen LogP contribution < -0.4 is 4.90 Å². The molecule has 0 atom stereocenters. The average molecular weight is 313 g/mol. The molecule has 1 saturated heterocycles. The summed E-state index contributed by atoms with van der Waals surface area (Å²) in [5, 5.41) is 9.26. The summed E-state index contributed by atoms with van der Waals surface area (Å²) in [5.74, 6) is -0.871. The van der Waals surface area contributed by atoms with Crippen LogP contribution >= 0.6 is 15.9 Å². The summed E-state index contributed by atoms with van der Waals surface area (Å²) in [5.41, 5.74) is 1.19. The maximum Gasteiger partial charge on any atom is 0.337 e. The van der Waals surface area contributed by atoms with Gasteiger partial charge in [0.05, 0.1) is 11.3 Å². The van der Waals surface area contributed by atoms with E-state index in [1.54, 1.807) is 6.07 Å². The van der Waals surface area contributed by atoms with E-state index in [4.69, 9.17) is 0 Å². The Kier molecular flexibility index (Phi) is 4.24. The van der Waals surface area contributed by atoms with Crippen molar-refractivity contribution in [2.45, 2.75) is 6.92 Å². The van der Waals surface area contributed by atoms with Crippen molar-refractivity contribution in [3.8, 4) is 0 Å². The van der Waals surface area contributed by atoms with Crippen molar-refractivity contribution in [2.75, 3.05) is 37.6 Å². The molecule has 1 fully saturated rings. The lowest BCUT2D eigenvalue weighted by Crippen LogP contribution is -2.46. The van der Waals surface area contributed by atoms with Crippen molar-refractivity contribution in [2.24, 2.45) is 0 Å². The van der Waals surface area contributed by atoms with Crippen LogP contribution in [0, 0.1) is 0 Å². The van der Waals surface area contributed by atoms with Gasteiger partial charge in [0.15, 0.2) is 0 Å². The number of likely N-dealkylation sites (N-methyl/N-ethyl adjacent to an activating group) is 1. The summed E-state index contributed by atoms with van der Waals surface area (Å²) in [6.07, 6.45) is 0. The van der Waals surface area contributed by atoms with Crippen LogP contribution in [0.15, 0.2) is 22.7 Å². The second kappa shape index (κ2) is 5.71. The minimum Gasteiger partial charge on any atom is -0.478 e. The number of rotatable bonds is 3. The zero-order chi connectivity index (χ0) is 13.1. The number of carboxylic acid groups (broad SMARTS) is 1. The van der Waals surface area contributed by atoms with E-state index in [0.717, 1.165) is 42.9 Å². The van der Waals surface area contributed by atoms with Crippen molar-refractivity contribution >= 4 is 27.6 Å². The fraction of sp³-hybridized carbons (Fsp3) is 0.462. The van der Waals surface area contributed by atoms with Crippen LogP contribution in [0.3, 0.4) is 0 Å². The third-order valence-corrected chi connectivity index (χ3v) is 3.84. The fourth-order valence-corrected chi connectivity index (χ4v) is 2.62. The van der Waals surface area contributed by atoms with E-state index in [9.17, 15) is 9.90 Å². The molecule has 2 rings (SSSR count). The van der Waals surface area contributed by atoms with Crippen LogP contribution in [0.2, 0.25) is 0 Å². The third-order valence-electron chi connectivity index (χ3n) is 3.35. The lowest BCUT2D eigenvalue weighted by molar-refractivity contribution is 0.0697. The molecule has 0 spiro atoms. The van der Waals surface area contributed by atoms with Crippen molar-refractivity contribution in [1.29, 1.82) is 0 Å². The zero-order valence-electron chi connectivity index (χ0n) is 10.4. The number of halogens is 1. The van der Waals surface area contributed by atoms with E-state index in [1.165, 1.54) is 0 Å². The largest absolute Gasteiger partial charge is 0.478 e. The van der Waals surface area contributed by atoms with E-state index >= 15 is 0 Å². The van der Waals surface area contributed by atoms with Gasteiger partial charge in [-0.1, -0.05) is 22.9 Å². The molecule has 0 aliphatic carbocycles. The van der Waals surface area contributed by atoms with Crippen molar-refractivity contribution in [1.82, 2.24) is 4.90 Å². The summed E-state index contributed by atoms with van der Waals surface area (Å²) in [4.78, 5) is 15.8. The number of piperazine rings is 1. The number of nitrogens with zero attached hydrogens (tertiary/aromatic N) is 2. The fourth-order valence-electron chi connectivity index (χ4n) is 2.26. The van der Waals surface area contributed by atoms with Gasteiger partial charge < -0.3 is 14.9 Å². The summed E-state index contributed by atoms with van der Waals surface area (Å²) in [7, 11) is 0. The van der Waals surface area contributed by atoms with Gasteiger partial charge in [-0.05, 0) is 24.7 Å². The van der Waals surface area contributed by atoms with Gasteiger partial charge in [0.1, 0.15) is 0 Å². The quantitative estimate of drug-likeness (QED) is 0.930. The Hall–Kier alpha value is -1.07. The van der Waals surface area contributed by atoms with E-state index in [-0.39, 0.29) is 0 Å². The lowest BCUT2D eigenvalue weighted by atomic mass is 10.1. The molecule has 1 aliphatic rings. The van der Waals surface area contributed by atoms with Gasteiger partial charge in [0.25, 0.3) is 0 Å². The molecule has 0 unspecified atom stereocenters. The van der Waals surface area contributed by atoms with Crippen LogP contribution in [0.1, 0.15) is 17.3 Å². The van der Waals surface area contributed by atoms with E-state index in [1.807, 2.05) is 12.1 Å². The molecule has 0 bridgehead atoms. The highest BCUT2D eigenvalue weighted by Gasteiger charge is 2.20. The Bertz CT molecular complexity index is 443. The SMILES string of the molecule is CCN1CCN(c2ccc(Br)cc2C(=O)O)CC1. The Morgan fingerprint density at radius 2 is 2.00 bits per heavy atom. The molecule has 1 N–H and O–H groups in total. The highest BCUT2D eigenvalue weighted by molar-refractivity contribution is 9.10. The van der Waals surface area contributed by atoms with Gasteiger partial charge in [-0.3, -0.25) is 0 Å². The Labute approximate surface area is 115 Å². The molecule has 0 amide bonds. The van der Waals surface area contributed by atoms with E-state index < -0.39 is 5.97 Å². The number of hydrogen-bond donors (Lipinski definition) is 1. The second-order valence-electron chi connectivity index (χ2n) is 4.39. The highest BCUT2D eigenvalue weighted by atomic mass is 79.9. The second-order valence-corrected chi connectivity index (χ2v) is 5.30. The standard InChI is InChI=1S/C13H17BrN2O2/c1-2-15-5-7-16(8-6-15)12-4-3-10(14)9-11(12)13(17)18/h3-4,9H,2,5-8H2,1H3,(H,17,18). The van der Waals surface area contributed by atoms with Crippen molar-refractivity contribution in [3.05, 3.63) is 28.2 Å². The molecule has 1 aliphatic heterocycles. The first kappa shape index (κ1) is 13.4. The number of carboxylic acids is 1. The summed E-state index contributed by atoms with van der Waals surface area (Å²) in [6.45, 7) is 6.96. The normalized spacial score (nSPS) is 16.9. The van der Waals surface area contributed by atoms with Gasteiger partial charge in [0.2, 0.25) is 0 Å². The van der Waals surface area contributed by atoms with Gasteiger partial charge >= 0.3 is 5.97 Å². The molecule has 98 valence electrons. The Morgan fingerprint density at radius 3 is 2.56 bits per heavy atom. The first-order valence-electron chi connectivity index (χ1n) is 6.12. The molecule has 0 aromatic heterocycles. The number of carbonyl (C=O) groups is 1. The van der Waals surface area contributed by atoms with Crippen LogP contribution in [-0.2, 0) is 0 Å². The number of hydrogen-bond acceptors (Lipinski definition) is 3. The predicted molar refractivity (Wildman–Crippen MR) is 75.4 cm³/mol. The van der Waals surface area contributed by atoms with Gasteiger partial charge in [-0.15, -0.1) is 0 Å². The van der Waals surface area contributed by atoms with Crippen LogP contribution in [0.4, 0.5) is 5.69 Å². The number of aromatic carboxylic acids is 1. The Balaban J connectivity index is 2.21. The lowest BCUT2D eigenvalue weighted by Gasteiger charge is -2.36. The third kappa shape index (κ3) is 2.84. The average Bonchev–Trinajstić information content (AvgIpc) is 2.39. The van der Waals surface area contributed by atoms with Crippen LogP contribution in [0.5, 0.6) is 0 Å². The maximum absolute atomic E-state index is 11.3. The minimum atomic E-state index is -0.871. The topological polar surface area (TPSA) is 43.8 Å². The summed E-state index contributed by atoms with van der Waals surface area (Å²) < 4.78 is 0.802. The van der Waals surface area contributed by atoms with Gasteiger partial charge in [0, 0.05) is 30.7 Å². The van der Waals surface area contributed by atoms with E-state index in [2.05, 4.69) is 32.7 Å². The van der Waals surface area contributed by atoms with E-state index in [0.29, 0.717) is 5.56 Å². The molecule has 0 saturated carbocycles. The van der Waals surface area contributed by atoms with Gasteiger partial charge in [-0.2, -0.15) is 0 Å².